The smallest absolute Gasteiger partial charge is 0.216 e. The lowest BCUT2D eigenvalue weighted by atomic mass is 9.77. The van der Waals surface area contributed by atoms with Crippen LogP contribution in [0.4, 0.5) is 5.95 Å². The number of aromatic nitrogens is 3. The van der Waals surface area contributed by atoms with Gasteiger partial charge < -0.3 is 10.8 Å². The van der Waals surface area contributed by atoms with Gasteiger partial charge in [0.25, 0.3) is 0 Å². The van der Waals surface area contributed by atoms with Gasteiger partial charge in [-0.1, -0.05) is 23.9 Å². The maximum atomic E-state index is 10.5. The minimum absolute atomic E-state index is 0.0724. The molecule has 2 rings (SSSR count). The molecule has 1 saturated carbocycles. The predicted molar refractivity (Wildman–Crippen MR) is 73.2 cm³/mol. The second kappa shape index (κ2) is 4.93. The van der Waals surface area contributed by atoms with Crippen molar-refractivity contribution in [3.05, 3.63) is 12.2 Å². The van der Waals surface area contributed by atoms with Crippen molar-refractivity contribution in [2.45, 2.75) is 49.1 Å². The Morgan fingerprint density at radius 3 is 2.94 bits per heavy atom. The summed E-state index contributed by atoms with van der Waals surface area (Å²) in [6, 6.07) is 0. The lowest BCUT2D eigenvalue weighted by Gasteiger charge is -2.40. The number of nitrogens with zero attached hydrogens (tertiary/aromatic N) is 2. The number of anilines is 1. The molecule has 0 radical (unpaired) electrons. The molecule has 0 spiro atoms. The van der Waals surface area contributed by atoms with E-state index < -0.39 is 5.60 Å². The van der Waals surface area contributed by atoms with Gasteiger partial charge in [0.15, 0.2) is 0 Å². The van der Waals surface area contributed by atoms with Crippen molar-refractivity contribution >= 4 is 17.7 Å². The van der Waals surface area contributed by atoms with E-state index in [0.29, 0.717) is 17.0 Å². The number of rotatable bonds is 3. The second-order valence-electron chi connectivity index (χ2n) is 5.28. The number of nitrogens with two attached hydrogens (primary N) is 1. The number of hydrogen-bond donors (Lipinski definition) is 3. The van der Waals surface area contributed by atoms with Gasteiger partial charge in [0.1, 0.15) is 0 Å². The van der Waals surface area contributed by atoms with Crippen LogP contribution in [0.2, 0.25) is 0 Å². The third kappa shape index (κ3) is 2.87. The van der Waals surface area contributed by atoms with Crippen LogP contribution < -0.4 is 5.73 Å². The summed E-state index contributed by atoms with van der Waals surface area (Å²) in [4.78, 5) is 4.08. The topological polar surface area (TPSA) is 87.8 Å². The monoisotopic (exact) mass is 268 g/mol. The molecule has 18 heavy (non-hydrogen) atoms. The number of H-pyrrole nitrogens is 1. The highest BCUT2D eigenvalue weighted by molar-refractivity contribution is 7.99. The molecule has 0 saturated heterocycles. The van der Waals surface area contributed by atoms with Crippen LogP contribution in [0.25, 0.3) is 0 Å². The maximum Gasteiger partial charge on any atom is 0.216 e. The zero-order valence-electron chi connectivity index (χ0n) is 10.8. The summed E-state index contributed by atoms with van der Waals surface area (Å²) in [6.07, 6.45) is 2.68. The zero-order chi connectivity index (χ0) is 13.3. The first-order chi connectivity index (χ1) is 8.38. The van der Waals surface area contributed by atoms with Gasteiger partial charge in [0.2, 0.25) is 11.1 Å². The van der Waals surface area contributed by atoms with Crippen molar-refractivity contribution in [3.8, 4) is 0 Å². The lowest BCUT2D eigenvalue weighted by Crippen LogP contribution is -2.42. The standard InChI is InChI=1S/C12H20N4OS/c1-7(2)8-4-5-12(3,17)9(6-8)18-11-14-10(13)15-16-11/h8-9,17H,1,4-6H2,2-3H3,(H3,13,14,15,16)/t8-,9-,12+/m1/s1. The molecule has 3 atom stereocenters. The number of hydrogen-bond acceptors (Lipinski definition) is 5. The van der Waals surface area contributed by atoms with E-state index >= 15 is 0 Å². The van der Waals surface area contributed by atoms with Crippen molar-refractivity contribution < 1.29 is 5.11 Å². The van der Waals surface area contributed by atoms with Crippen molar-refractivity contribution in [2.24, 2.45) is 5.92 Å². The first-order valence-corrected chi connectivity index (χ1v) is 6.99. The Morgan fingerprint density at radius 2 is 2.39 bits per heavy atom. The number of thioether (sulfide) groups is 1. The minimum Gasteiger partial charge on any atom is -0.389 e. The third-order valence-electron chi connectivity index (χ3n) is 3.62. The van der Waals surface area contributed by atoms with E-state index in [0.717, 1.165) is 19.3 Å². The molecule has 0 bridgehead atoms. The van der Waals surface area contributed by atoms with Gasteiger partial charge in [0, 0.05) is 5.25 Å². The summed E-state index contributed by atoms with van der Waals surface area (Å²) in [5, 5.41) is 17.8. The van der Waals surface area contributed by atoms with Gasteiger partial charge in [-0.2, -0.15) is 4.98 Å². The summed E-state index contributed by atoms with van der Waals surface area (Å²) in [5.41, 5.74) is 6.00. The summed E-state index contributed by atoms with van der Waals surface area (Å²) >= 11 is 1.49. The fourth-order valence-electron chi connectivity index (χ4n) is 2.32. The van der Waals surface area contributed by atoms with E-state index in [4.69, 9.17) is 5.73 Å². The number of aromatic amines is 1. The van der Waals surface area contributed by atoms with Gasteiger partial charge >= 0.3 is 0 Å². The molecular formula is C12H20N4OS. The molecule has 0 aromatic carbocycles. The van der Waals surface area contributed by atoms with Gasteiger partial charge in [-0.3, -0.25) is 0 Å². The number of allylic oxidation sites excluding steroid dienone is 1. The summed E-state index contributed by atoms with van der Waals surface area (Å²) in [5.74, 6) is 0.781. The van der Waals surface area contributed by atoms with Crippen LogP contribution in [0, 0.1) is 5.92 Å². The summed E-state index contributed by atoms with van der Waals surface area (Å²) in [7, 11) is 0. The molecular weight excluding hydrogens is 248 g/mol. The minimum atomic E-state index is -0.688. The number of aliphatic hydroxyl groups is 1. The van der Waals surface area contributed by atoms with Crippen LogP contribution in [0.5, 0.6) is 0 Å². The maximum absolute atomic E-state index is 10.5. The van der Waals surface area contributed by atoms with Gasteiger partial charge in [-0.25, -0.2) is 5.10 Å². The molecule has 4 N–H and O–H groups in total. The van der Waals surface area contributed by atoms with Crippen LogP contribution >= 0.6 is 11.8 Å². The van der Waals surface area contributed by atoms with Crippen molar-refractivity contribution in [2.75, 3.05) is 5.73 Å². The van der Waals surface area contributed by atoms with E-state index in [-0.39, 0.29) is 5.25 Å². The highest BCUT2D eigenvalue weighted by Gasteiger charge is 2.39. The van der Waals surface area contributed by atoms with Crippen molar-refractivity contribution in [3.63, 3.8) is 0 Å². The average Bonchev–Trinajstić information content (AvgIpc) is 2.67. The Kier molecular flexibility index (Phi) is 3.68. The van der Waals surface area contributed by atoms with Gasteiger partial charge in [0.05, 0.1) is 5.60 Å². The molecule has 0 unspecified atom stereocenters. The average molecular weight is 268 g/mol. The van der Waals surface area contributed by atoms with Crippen LogP contribution in [0.15, 0.2) is 17.3 Å². The Morgan fingerprint density at radius 1 is 1.67 bits per heavy atom. The summed E-state index contributed by atoms with van der Waals surface area (Å²) < 4.78 is 0. The van der Waals surface area contributed by atoms with E-state index in [9.17, 15) is 5.11 Å². The first kappa shape index (κ1) is 13.4. The van der Waals surface area contributed by atoms with Crippen molar-refractivity contribution in [1.82, 2.24) is 15.2 Å². The molecule has 0 amide bonds. The second-order valence-corrected chi connectivity index (χ2v) is 6.45. The molecule has 1 aliphatic rings. The molecule has 1 aromatic rings. The molecule has 5 nitrogen and oxygen atoms in total. The molecule has 1 fully saturated rings. The molecule has 1 aromatic heterocycles. The zero-order valence-corrected chi connectivity index (χ0v) is 11.6. The van der Waals surface area contributed by atoms with Gasteiger partial charge in [-0.15, -0.1) is 5.10 Å². The molecule has 0 aliphatic heterocycles. The largest absolute Gasteiger partial charge is 0.389 e. The van der Waals surface area contributed by atoms with Gasteiger partial charge in [-0.05, 0) is 39.0 Å². The fraction of sp³-hybridized carbons (Fsp3) is 0.667. The number of nitrogen functional groups attached to an aromatic ring is 1. The summed E-state index contributed by atoms with van der Waals surface area (Å²) in [6.45, 7) is 7.96. The van der Waals surface area contributed by atoms with E-state index in [1.54, 1.807) is 0 Å². The Hall–Kier alpha value is -1.01. The highest BCUT2D eigenvalue weighted by atomic mass is 32.2. The Balaban J connectivity index is 2.09. The number of nitrogens with one attached hydrogen (secondary N) is 1. The molecule has 1 aliphatic carbocycles. The van der Waals surface area contributed by atoms with Crippen LogP contribution in [-0.2, 0) is 0 Å². The third-order valence-corrected chi connectivity index (χ3v) is 5.00. The van der Waals surface area contributed by atoms with E-state index in [1.807, 2.05) is 6.92 Å². The Labute approximate surface area is 111 Å². The Bertz CT molecular complexity index is 443. The van der Waals surface area contributed by atoms with E-state index in [1.165, 1.54) is 17.3 Å². The fourth-order valence-corrected chi connectivity index (χ4v) is 3.52. The van der Waals surface area contributed by atoms with Crippen LogP contribution in [-0.4, -0.2) is 31.1 Å². The quantitative estimate of drug-likeness (QED) is 0.729. The van der Waals surface area contributed by atoms with Crippen LogP contribution in [0.3, 0.4) is 0 Å². The van der Waals surface area contributed by atoms with Crippen LogP contribution in [0.1, 0.15) is 33.1 Å². The molecule has 1 heterocycles. The first-order valence-electron chi connectivity index (χ1n) is 6.11. The normalized spacial score (nSPS) is 32.4. The lowest BCUT2D eigenvalue weighted by molar-refractivity contribution is 0.0193. The predicted octanol–water partition coefficient (Wildman–Crippen LogP) is 1.97. The van der Waals surface area contributed by atoms with E-state index in [2.05, 4.69) is 28.7 Å². The molecule has 6 heteroatoms. The SMILES string of the molecule is C=C(C)[C@@H]1CC[C@](C)(O)[C@H](Sc2n[nH]c(N)n2)C1. The molecule has 100 valence electrons. The highest BCUT2D eigenvalue weighted by Crippen LogP contribution is 2.43. The van der Waals surface area contributed by atoms with Crippen molar-refractivity contribution in [1.29, 1.82) is 0 Å².